The summed E-state index contributed by atoms with van der Waals surface area (Å²) in [6.45, 7) is 5.07. The van der Waals surface area contributed by atoms with E-state index in [2.05, 4.69) is 29.3 Å². The lowest BCUT2D eigenvalue weighted by Gasteiger charge is -2.52. The first-order valence-corrected chi connectivity index (χ1v) is 12.6. The number of piperazine rings is 1. The summed E-state index contributed by atoms with van der Waals surface area (Å²) in [6.07, 6.45) is 6.87. The van der Waals surface area contributed by atoms with Crippen molar-refractivity contribution in [1.82, 2.24) is 15.1 Å². The number of carbonyl (C=O) groups is 2. The minimum absolute atomic E-state index is 0. The Morgan fingerprint density at radius 2 is 1.74 bits per heavy atom. The Kier molecular flexibility index (Phi) is 8.87. The van der Waals surface area contributed by atoms with Crippen LogP contribution < -0.4 is 10.1 Å². The van der Waals surface area contributed by atoms with Crippen molar-refractivity contribution in [3.63, 3.8) is 0 Å². The summed E-state index contributed by atoms with van der Waals surface area (Å²) in [6, 6.07) is 7.48. The number of nitrogens with one attached hydrogen (secondary N) is 1. The molecule has 8 heteroatoms. The molecule has 2 heterocycles. The molecule has 34 heavy (non-hydrogen) atoms. The fraction of sp³-hybridized carbons (Fsp3) is 0.692. The highest BCUT2D eigenvalue weighted by molar-refractivity contribution is 6.00. The molecule has 1 aromatic rings. The van der Waals surface area contributed by atoms with Crippen molar-refractivity contribution >= 4 is 24.2 Å². The molecule has 0 unspecified atom stereocenters. The van der Waals surface area contributed by atoms with Crippen LogP contribution in [0.15, 0.2) is 24.3 Å². The zero-order chi connectivity index (χ0) is 23.5. The van der Waals surface area contributed by atoms with Gasteiger partial charge < -0.3 is 20.1 Å². The monoisotopic (exact) mass is 493 g/mol. The quantitative estimate of drug-likeness (QED) is 0.580. The SMILES string of the molecule is CCCCN1C(=O)[C@@H](CC2(O)CCCC2)NC(=O)C12CCN(Cc1ccc(OC)cc1)CC2.Cl. The number of likely N-dealkylation sites (tertiary alicyclic amines) is 1. The number of amides is 2. The second-order valence-corrected chi connectivity index (χ2v) is 10.2. The Morgan fingerprint density at radius 1 is 1.09 bits per heavy atom. The maximum absolute atomic E-state index is 13.6. The number of piperidine rings is 1. The fourth-order valence-corrected chi connectivity index (χ4v) is 5.84. The second-order valence-electron chi connectivity index (χ2n) is 10.2. The number of nitrogens with zero attached hydrogens (tertiary/aromatic N) is 2. The van der Waals surface area contributed by atoms with E-state index >= 15 is 0 Å². The Labute approximate surface area is 209 Å². The van der Waals surface area contributed by atoms with Gasteiger partial charge in [0.05, 0.1) is 12.7 Å². The number of carbonyl (C=O) groups excluding carboxylic acids is 2. The van der Waals surface area contributed by atoms with Crippen LogP contribution >= 0.6 is 12.4 Å². The van der Waals surface area contributed by atoms with Gasteiger partial charge in [-0.2, -0.15) is 0 Å². The molecule has 1 aromatic carbocycles. The minimum Gasteiger partial charge on any atom is -0.497 e. The highest BCUT2D eigenvalue weighted by Crippen LogP contribution is 2.38. The number of ether oxygens (including phenoxy) is 1. The third-order valence-corrected chi connectivity index (χ3v) is 7.91. The predicted octanol–water partition coefficient (Wildman–Crippen LogP) is 3.27. The number of benzene rings is 1. The van der Waals surface area contributed by atoms with E-state index in [0.717, 1.165) is 51.1 Å². The van der Waals surface area contributed by atoms with E-state index < -0.39 is 17.2 Å². The van der Waals surface area contributed by atoms with Crippen molar-refractivity contribution in [2.75, 3.05) is 26.7 Å². The summed E-state index contributed by atoms with van der Waals surface area (Å²) in [5.74, 6) is 0.804. The summed E-state index contributed by atoms with van der Waals surface area (Å²) < 4.78 is 5.25. The first-order valence-electron chi connectivity index (χ1n) is 12.6. The van der Waals surface area contributed by atoms with Gasteiger partial charge in [-0.3, -0.25) is 14.5 Å². The van der Waals surface area contributed by atoms with Gasteiger partial charge in [-0.1, -0.05) is 38.3 Å². The molecule has 1 aliphatic carbocycles. The van der Waals surface area contributed by atoms with E-state index in [1.165, 1.54) is 5.56 Å². The number of halogens is 1. The normalized spacial score (nSPS) is 24.1. The second kappa shape index (κ2) is 11.3. The third-order valence-electron chi connectivity index (χ3n) is 7.91. The molecule has 1 atom stereocenters. The molecule has 2 N–H and O–H groups in total. The summed E-state index contributed by atoms with van der Waals surface area (Å²) in [7, 11) is 1.67. The van der Waals surface area contributed by atoms with Crippen LogP contribution in [0.3, 0.4) is 0 Å². The zero-order valence-corrected chi connectivity index (χ0v) is 21.4. The lowest BCUT2D eigenvalue weighted by atomic mass is 9.80. The van der Waals surface area contributed by atoms with Crippen molar-refractivity contribution < 1.29 is 19.4 Å². The number of methoxy groups -OCH3 is 1. The van der Waals surface area contributed by atoms with E-state index in [-0.39, 0.29) is 24.2 Å². The van der Waals surface area contributed by atoms with E-state index in [0.29, 0.717) is 38.6 Å². The minimum atomic E-state index is -0.823. The fourth-order valence-electron chi connectivity index (χ4n) is 5.84. The average Bonchev–Trinajstić information content (AvgIpc) is 3.25. The van der Waals surface area contributed by atoms with Crippen LogP contribution in [0.2, 0.25) is 0 Å². The van der Waals surface area contributed by atoms with Crippen molar-refractivity contribution in [2.45, 2.75) is 88.4 Å². The number of unbranched alkanes of at least 4 members (excludes halogenated alkanes) is 1. The third kappa shape index (κ3) is 5.52. The van der Waals surface area contributed by atoms with Crippen LogP contribution in [-0.4, -0.2) is 70.6 Å². The molecular weight excluding hydrogens is 454 g/mol. The van der Waals surface area contributed by atoms with Crippen LogP contribution in [0.1, 0.15) is 70.3 Å². The van der Waals surface area contributed by atoms with Crippen molar-refractivity contribution in [3.8, 4) is 5.75 Å². The lowest BCUT2D eigenvalue weighted by Crippen LogP contribution is -2.73. The number of rotatable bonds is 8. The Morgan fingerprint density at radius 3 is 2.32 bits per heavy atom. The molecule has 3 aliphatic rings. The van der Waals surface area contributed by atoms with E-state index in [1.54, 1.807) is 7.11 Å². The van der Waals surface area contributed by atoms with Crippen molar-refractivity contribution in [1.29, 1.82) is 0 Å². The van der Waals surface area contributed by atoms with Gasteiger partial charge in [-0.15, -0.1) is 12.4 Å². The van der Waals surface area contributed by atoms with Crippen LogP contribution in [0.5, 0.6) is 5.75 Å². The molecule has 2 amide bonds. The molecule has 2 saturated heterocycles. The summed E-state index contributed by atoms with van der Waals surface area (Å²) in [5, 5.41) is 13.9. The molecule has 190 valence electrons. The van der Waals surface area contributed by atoms with Gasteiger partial charge in [0.25, 0.3) is 0 Å². The maximum atomic E-state index is 13.6. The van der Waals surface area contributed by atoms with Gasteiger partial charge in [0.15, 0.2) is 0 Å². The molecule has 0 bridgehead atoms. The van der Waals surface area contributed by atoms with Gasteiger partial charge in [0, 0.05) is 32.6 Å². The van der Waals surface area contributed by atoms with Gasteiger partial charge in [-0.25, -0.2) is 0 Å². The Bertz CT molecular complexity index is 833. The molecule has 3 fully saturated rings. The molecule has 1 saturated carbocycles. The highest BCUT2D eigenvalue weighted by Gasteiger charge is 2.54. The predicted molar refractivity (Wildman–Crippen MR) is 134 cm³/mol. The van der Waals surface area contributed by atoms with Gasteiger partial charge >= 0.3 is 0 Å². The number of hydrogen-bond donors (Lipinski definition) is 2. The number of hydrogen-bond acceptors (Lipinski definition) is 5. The van der Waals surface area contributed by atoms with Crippen LogP contribution in [0.4, 0.5) is 0 Å². The first kappa shape index (κ1) is 26.8. The molecule has 2 aliphatic heterocycles. The largest absolute Gasteiger partial charge is 0.497 e. The molecular formula is C26H40ClN3O4. The average molecular weight is 494 g/mol. The molecule has 4 rings (SSSR count). The zero-order valence-electron chi connectivity index (χ0n) is 20.6. The smallest absolute Gasteiger partial charge is 0.246 e. The van der Waals surface area contributed by atoms with Crippen molar-refractivity contribution in [2.24, 2.45) is 0 Å². The van der Waals surface area contributed by atoms with E-state index in [4.69, 9.17) is 4.74 Å². The Hall–Kier alpha value is -1.83. The lowest BCUT2D eigenvalue weighted by molar-refractivity contribution is -0.163. The summed E-state index contributed by atoms with van der Waals surface area (Å²) >= 11 is 0. The van der Waals surface area contributed by atoms with E-state index in [9.17, 15) is 14.7 Å². The van der Waals surface area contributed by atoms with Gasteiger partial charge in [0.1, 0.15) is 17.3 Å². The summed E-state index contributed by atoms with van der Waals surface area (Å²) in [5.41, 5.74) is -0.378. The summed E-state index contributed by atoms with van der Waals surface area (Å²) in [4.78, 5) is 31.3. The van der Waals surface area contributed by atoms with Gasteiger partial charge in [-0.05, 0) is 49.8 Å². The highest BCUT2D eigenvalue weighted by atomic mass is 35.5. The van der Waals surface area contributed by atoms with Crippen LogP contribution in [-0.2, 0) is 16.1 Å². The Balaban J connectivity index is 0.00000324. The topological polar surface area (TPSA) is 82.1 Å². The van der Waals surface area contributed by atoms with E-state index in [1.807, 2.05) is 17.0 Å². The van der Waals surface area contributed by atoms with Crippen LogP contribution in [0, 0.1) is 0 Å². The number of aliphatic hydroxyl groups is 1. The maximum Gasteiger partial charge on any atom is 0.246 e. The standard InChI is InChI=1S/C26H39N3O4.ClH/c1-3-4-15-29-23(30)22(18-25(32)11-5-6-12-25)27-24(31)26(29)13-16-28(17-14-26)19-20-7-9-21(33-2)10-8-20;/h7-10,22,32H,3-6,11-19H2,1-2H3,(H,27,31);1H/t22-;/m1./s1. The molecule has 7 nitrogen and oxygen atoms in total. The molecule has 0 aromatic heterocycles. The van der Waals surface area contributed by atoms with Gasteiger partial charge in [0.2, 0.25) is 11.8 Å². The first-order chi connectivity index (χ1) is 15.9. The molecule has 1 spiro atoms. The van der Waals surface area contributed by atoms with Crippen LogP contribution in [0.25, 0.3) is 0 Å². The molecule has 0 radical (unpaired) electrons. The van der Waals surface area contributed by atoms with Crippen molar-refractivity contribution in [3.05, 3.63) is 29.8 Å².